The van der Waals surface area contributed by atoms with Crippen LogP contribution in [0.2, 0.25) is 0 Å². The van der Waals surface area contributed by atoms with Crippen LogP contribution >= 0.6 is 0 Å². The lowest BCUT2D eigenvalue weighted by Crippen LogP contribution is -2.46. The Labute approximate surface area is 182 Å². The Bertz CT molecular complexity index is 597. The molecule has 2 N–H and O–H groups in total. The maximum absolute atomic E-state index is 5.41. The van der Waals surface area contributed by atoms with Crippen LogP contribution in [-0.4, -0.2) is 106 Å². The summed E-state index contributed by atoms with van der Waals surface area (Å²) in [5, 5.41) is 6.83. The number of morpholine rings is 1. The van der Waals surface area contributed by atoms with Crippen molar-refractivity contribution in [3.8, 4) is 0 Å². The minimum absolute atomic E-state index is 0.856. The molecule has 2 aliphatic heterocycles. The molecule has 3 rings (SSSR count). The van der Waals surface area contributed by atoms with E-state index in [0.29, 0.717) is 0 Å². The molecule has 2 fully saturated rings. The number of aliphatic imine (C=N–C) groups is 1. The monoisotopic (exact) mass is 416 g/mol. The molecule has 0 saturated carbocycles. The standard InChI is InChI=1S/C23H40N6O/c1-2-24-23(26-10-12-28-17-19-30-20-18-28)25-9-6-11-27-13-15-29(16-14-27)21-22-7-4-3-5-8-22/h3-5,7-8H,2,6,9-21H2,1H3,(H2,24,25,26). The first-order valence-electron chi connectivity index (χ1n) is 11.6. The maximum Gasteiger partial charge on any atom is 0.191 e. The van der Waals surface area contributed by atoms with E-state index in [4.69, 9.17) is 9.73 Å². The summed E-state index contributed by atoms with van der Waals surface area (Å²) >= 11 is 0. The average Bonchev–Trinajstić information content (AvgIpc) is 2.79. The third-order valence-corrected chi connectivity index (χ3v) is 5.78. The summed E-state index contributed by atoms with van der Waals surface area (Å²) in [7, 11) is 0. The van der Waals surface area contributed by atoms with Gasteiger partial charge in [0.2, 0.25) is 0 Å². The average molecular weight is 417 g/mol. The van der Waals surface area contributed by atoms with Gasteiger partial charge in [-0.1, -0.05) is 30.3 Å². The largest absolute Gasteiger partial charge is 0.379 e. The smallest absolute Gasteiger partial charge is 0.191 e. The first-order valence-corrected chi connectivity index (χ1v) is 11.6. The Hall–Kier alpha value is -1.67. The van der Waals surface area contributed by atoms with Gasteiger partial charge in [-0.25, -0.2) is 0 Å². The Morgan fingerprint density at radius 3 is 2.33 bits per heavy atom. The maximum atomic E-state index is 5.41. The molecule has 1 aromatic rings. The van der Waals surface area contributed by atoms with E-state index in [-0.39, 0.29) is 0 Å². The van der Waals surface area contributed by atoms with Gasteiger partial charge in [-0.05, 0) is 18.9 Å². The second-order valence-corrected chi connectivity index (χ2v) is 8.10. The topological polar surface area (TPSA) is 55.4 Å². The van der Waals surface area contributed by atoms with Gasteiger partial charge in [-0.15, -0.1) is 0 Å². The second kappa shape index (κ2) is 13.6. The molecule has 7 heteroatoms. The van der Waals surface area contributed by atoms with Gasteiger partial charge in [0.1, 0.15) is 0 Å². The number of guanidine groups is 1. The predicted octanol–water partition coefficient (Wildman–Crippen LogP) is 1.08. The molecule has 0 bridgehead atoms. The summed E-state index contributed by atoms with van der Waals surface area (Å²) in [6.07, 6.45) is 1.11. The number of benzene rings is 1. The van der Waals surface area contributed by atoms with E-state index in [0.717, 1.165) is 104 Å². The molecule has 168 valence electrons. The van der Waals surface area contributed by atoms with Crippen molar-refractivity contribution in [2.75, 3.05) is 85.2 Å². The Morgan fingerprint density at radius 2 is 1.60 bits per heavy atom. The Morgan fingerprint density at radius 1 is 0.900 bits per heavy atom. The van der Waals surface area contributed by atoms with Crippen molar-refractivity contribution in [1.82, 2.24) is 25.3 Å². The van der Waals surface area contributed by atoms with E-state index in [1.807, 2.05) is 0 Å². The number of rotatable bonds is 10. The lowest BCUT2D eigenvalue weighted by molar-refractivity contribution is 0.0389. The third kappa shape index (κ3) is 8.60. The quantitative estimate of drug-likeness (QED) is 0.338. The van der Waals surface area contributed by atoms with Gasteiger partial charge in [-0.2, -0.15) is 0 Å². The summed E-state index contributed by atoms with van der Waals surface area (Å²) in [5.74, 6) is 0.943. The lowest BCUT2D eigenvalue weighted by Gasteiger charge is -2.34. The third-order valence-electron chi connectivity index (χ3n) is 5.78. The molecule has 1 aromatic carbocycles. The molecular formula is C23H40N6O. The van der Waals surface area contributed by atoms with Crippen molar-refractivity contribution in [2.24, 2.45) is 4.99 Å². The number of nitrogens with one attached hydrogen (secondary N) is 2. The zero-order chi connectivity index (χ0) is 20.9. The van der Waals surface area contributed by atoms with Crippen LogP contribution in [0.1, 0.15) is 18.9 Å². The van der Waals surface area contributed by atoms with Crippen LogP contribution in [0.15, 0.2) is 35.3 Å². The molecule has 0 aromatic heterocycles. The molecule has 0 unspecified atom stereocenters. The summed E-state index contributed by atoms with van der Waals surface area (Å²) in [5.41, 5.74) is 1.41. The van der Waals surface area contributed by atoms with E-state index in [9.17, 15) is 0 Å². The lowest BCUT2D eigenvalue weighted by atomic mass is 10.2. The second-order valence-electron chi connectivity index (χ2n) is 8.10. The Kier molecular flexibility index (Phi) is 10.4. The minimum Gasteiger partial charge on any atom is -0.379 e. The van der Waals surface area contributed by atoms with Gasteiger partial charge in [0, 0.05) is 78.5 Å². The van der Waals surface area contributed by atoms with Crippen molar-refractivity contribution in [3.63, 3.8) is 0 Å². The van der Waals surface area contributed by atoms with Crippen LogP contribution in [0.3, 0.4) is 0 Å². The van der Waals surface area contributed by atoms with Crippen molar-refractivity contribution >= 4 is 5.96 Å². The van der Waals surface area contributed by atoms with Crippen molar-refractivity contribution in [1.29, 1.82) is 0 Å². The summed E-state index contributed by atoms with van der Waals surface area (Å²) in [6, 6.07) is 10.8. The van der Waals surface area contributed by atoms with Crippen LogP contribution in [-0.2, 0) is 11.3 Å². The van der Waals surface area contributed by atoms with Crippen LogP contribution in [0.5, 0.6) is 0 Å². The fourth-order valence-electron chi connectivity index (χ4n) is 4.00. The minimum atomic E-state index is 0.856. The van der Waals surface area contributed by atoms with Gasteiger partial charge in [-0.3, -0.25) is 14.8 Å². The predicted molar refractivity (Wildman–Crippen MR) is 124 cm³/mol. The van der Waals surface area contributed by atoms with Gasteiger partial charge < -0.3 is 20.3 Å². The summed E-state index contributed by atoms with van der Waals surface area (Å²) < 4.78 is 5.41. The van der Waals surface area contributed by atoms with Crippen molar-refractivity contribution in [3.05, 3.63) is 35.9 Å². The molecule has 7 nitrogen and oxygen atoms in total. The van der Waals surface area contributed by atoms with Gasteiger partial charge in [0.05, 0.1) is 13.2 Å². The van der Waals surface area contributed by atoms with E-state index in [2.05, 4.69) is 62.6 Å². The normalized spacial score (nSPS) is 19.7. The van der Waals surface area contributed by atoms with Crippen molar-refractivity contribution < 1.29 is 4.74 Å². The molecular weight excluding hydrogens is 376 g/mol. The Balaban J connectivity index is 1.28. The molecule has 0 spiro atoms. The number of nitrogens with zero attached hydrogens (tertiary/aromatic N) is 4. The van der Waals surface area contributed by atoms with Crippen LogP contribution in [0.4, 0.5) is 0 Å². The molecule has 0 aliphatic carbocycles. The highest BCUT2D eigenvalue weighted by Gasteiger charge is 2.16. The van der Waals surface area contributed by atoms with Gasteiger partial charge in [0.15, 0.2) is 5.96 Å². The van der Waals surface area contributed by atoms with E-state index < -0.39 is 0 Å². The number of piperazine rings is 1. The molecule has 0 amide bonds. The fraction of sp³-hybridized carbons (Fsp3) is 0.696. The van der Waals surface area contributed by atoms with Crippen LogP contribution < -0.4 is 10.6 Å². The highest BCUT2D eigenvalue weighted by Crippen LogP contribution is 2.08. The first kappa shape index (κ1) is 23.0. The molecule has 30 heavy (non-hydrogen) atoms. The zero-order valence-electron chi connectivity index (χ0n) is 18.7. The molecule has 2 heterocycles. The molecule has 0 radical (unpaired) electrons. The molecule has 2 saturated heterocycles. The number of hydrogen-bond donors (Lipinski definition) is 2. The highest BCUT2D eigenvalue weighted by atomic mass is 16.5. The number of hydrogen-bond acceptors (Lipinski definition) is 5. The zero-order valence-corrected chi connectivity index (χ0v) is 18.7. The van der Waals surface area contributed by atoms with Gasteiger partial charge in [0.25, 0.3) is 0 Å². The van der Waals surface area contributed by atoms with Crippen molar-refractivity contribution in [2.45, 2.75) is 19.9 Å². The molecule has 2 aliphatic rings. The van der Waals surface area contributed by atoms with E-state index >= 15 is 0 Å². The SMILES string of the molecule is CCNC(=NCCCN1CCN(Cc2ccccc2)CC1)NCCN1CCOCC1. The van der Waals surface area contributed by atoms with Crippen LogP contribution in [0, 0.1) is 0 Å². The van der Waals surface area contributed by atoms with Crippen LogP contribution in [0.25, 0.3) is 0 Å². The molecule has 0 atom stereocenters. The fourth-order valence-corrected chi connectivity index (χ4v) is 4.00. The van der Waals surface area contributed by atoms with E-state index in [1.54, 1.807) is 0 Å². The first-order chi connectivity index (χ1) is 14.8. The van der Waals surface area contributed by atoms with E-state index in [1.165, 1.54) is 5.56 Å². The van der Waals surface area contributed by atoms with Gasteiger partial charge >= 0.3 is 0 Å². The summed E-state index contributed by atoms with van der Waals surface area (Å²) in [4.78, 5) is 12.3. The summed E-state index contributed by atoms with van der Waals surface area (Å²) in [6.45, 7) is 16.5. The number of ether oxygens (including phenoxy) is 1. The highest BCUT2D eigenvalue weighted by molar-refractivity contribution is 5.79.